The van der Waals surface area contributed by atoms with Gasteiger partial charge in [0.1, 0.15) is 0 Å². The lowest BCUT2D eigenvalue weighted by Gasteiger charge is -2.38. The molecule has 5 nitrogen and oxygen atoms in total. The summed E-state index contributed by atoms with van der Waals surface area (Å²) in [6.07, 6.45) is 8.00. The summed E-state index contributed by atoms with van der Waals surface area (Å²) in [5.74, 6) is -0.274. The van der Waals surface area contributed by atoms with Gasteiger partial charge in [-0.05, 0) is 38.0 Å². The highest BCUT2D eigenvalue weighted by atomic mass is 16.4. The number of fused-ring (bicyclic) bond motifs is 2. The highest BCUT2D eigenvalue weighted by Crippen LogP contribution is 2.40. The molecule has 2 atom stereocenters. The minimum atomic E-state index is -0.645. The first-order chi connectivity index (χ1) is 10.1. The molecule has 5 heteroatoms. The van der Waals surface area contributed by atoms with Crippen LogP contribution >= 0.6 is 0 Å². The summed E-state index contributed by atoms with van der Waals surface area (Å²) in [7, 11) is 1.98. The maximum Gasteiger partial charge on any atom is 0.303 e. The second kappa shape index (κ2) is 5.79. The van der Waals surface area contributed by atoms with Crippen molar-refractivity contribution >= 4 is 5.97 Å². The molecule has 2 saturated heterocycles. The summed E-state index contributed by atoms with van der Waals surface area (Å²) >= 11 is 0. The number of aryl methyl sites for hydroxylation is 2. The van der Waals surface area contributed by atoms with Crippen LogP contribution in [0.3, 0.4) is 0 Å². The van der Waals surface area contributed by atoms with Crippen LogP contribution in [0.15, 0.2) is 6.20 Å². The molecule has 0 aromatic carbocycles. The van der Waals surface area contributed by atoms with Crippen molar-refractivity contribution in [2.75, 3.05) is 0 Å². The zero-order chi connectivity index (χ0) is 15.0. The van der Waals surface area contributed by atoms with Gasteiger partial charge in [0, 0.05) is 43.9 Å². The molecule has 0 saturated carbocycles. The first-order valence-electron chi connectivity index (χ1n) is 8.05. The third-order valence-corrected chi connectivity index (χ3v) is 5.12. The average molecular weight is 291 g/mol. The Bertz CT molecular complexity index is 512. The molecular formula is C16H25N3O2. The molecule has 1 aromatic heterocycles. The zero-order valence-corrected chi connectivity index (χ0v) is 13.0. The number of hydrogen-bond acceptors (Lipinski definition) is 3. The Hall–Kier alpha value is -1.36. The number of piperidine rings is 1. The number of carbonyl (C=O) groups is 1. The fourth-order valence-electron chi connectivity index (χ4n) is 4.27. The van der Waals surface area contributed by atoms with Crippen molar-refractivity contribution in [3.63, 3.8) is 0 Å². The van der Waals surface area contributed by atoms with Gasteiger partial charge in [0.15, 0.2) is 0 Å². The van der Waals surface area contributed by atoms with E-state index in [2.05, 4.69) is 23.1 Å². The highest BCUT2D eigenvalue weighted by molar-refractivity contribution is 5.67. The van der Waals surface area contributed by atoms with Gasteiger partial charge in [-0.3, -0.25) is 14.4 Å². The SMILES string of the molecule is CCc1nn(C)cc1CN1C2CCC1CC(CC(=O)O)C2. The molecule has 2 unspecified atom stereocenters. The second-order valence-electron chi connectivity index (χ2n) is 6.62. The third kappa shape index (κ3) is 2.98. The van der Waals surface area contributed by atoms with E-state index < -0.39 is 5.97 Å². The molecule has 21 heavy (non-hydrogen) atoms. The van der Waals surface area contributed by atoms with E-state index in [-0.39, 0.29) is 0 Å². The summed E-state index contributed by atoms with van der Waals surface area (Å²) in [6, 6.07) is 1.14. The summed E-state index contributed by atoms with van der Waals surface area (Å²) < 4.78 is 1.91. The lowest BCUT2D eigenvalue weighted by molar-refractivity contribution is -0.138. The normalized spacial score (nSPS) is 29.0. The molecule has 0 radical (unpaired) electrons. The Morgan fingerprint density at radius 2 is 2.05 bits per heavy atom. The Kier molecular flexibility index (Phi) is 4.02. The number of aromatic nitrogens is 2. The Morgan fingerprint density at radius 1 is 1.38 bits per heavy atom. The molecule has 0 amide bonds. The van der Waals surface area contributed by atoms with Gasteiger partial charge in [0.25, 0.3) is 0 Å². The second-order valence-corrected chi connectivity index (χ2v) is 6.62. The van der Waals surface area contributed by atoms with Crippen molar-refractivity contribution in [2.24, 2.45) is 13.0 Å². The zero-order valence-electron chi connectivity index (χ0n) is 13.0. The van der Waals surface area contributed by atoms with E-state index in [9.17, 15) is 4.79 Å². The smallest absolute Gasteiger partial charge is 0.303 e. The van der Waals surface area contributed by atoms with Gasteiger partial charge in [0.05, 0.1) is 5.69 Å². The molecule has 2 aliphatic heterocycles. The third-order valence-electron chi connectivity index (χ3n) is 5.12. The maximum absolute atomic E-state index is 10.9. The molecule has 116 valence electrons. The van der Waals surface area contributed by atoms with E-state index in [1.807, 2.05) is 11.7 Å². The van der Waals surface area contributed by atoms with E-state index in [1.165, 1.54) is 24.1 Å². The summed E-state index contributed by atoms with van der Waals surface area (Å²) in [5, 5.41) is 13.5. The summed E-state index contributed by atoms with van der Waals surface area (Å²) in [4.78, 5) is 13.5. The van der Waals surface area contributed by atoms with Crippen molar-refractivity contribution in [3.8, 4) is 0 Å². The van der Waals surface area contributed by atoms with Crippen LogP contribution in [0.2, 0.25) is 0 Å². The molecule has 1 N–H and O–H groups in total. The van der Waals surface area contributed by atoms with Gasteiger partial charge in [-0.1, -0.05) is 6.92 Å². The van der Waals surface area contributed by atoms with Crippen LogP contribution in [-0.4, -0.2) is 37.8 Å². The molecule has 2 fully saturated rings. The van der Waals surface area contributed by atoms with Crippen molar-refractivity contribution in [2.45, 2.75) is 64.1 Å². The Morgan fingerprint density at radius 3 is 2.62 bits per heavy atom. The van der Waals surface area contributed by atoms with Gasteiger partial charge >= 0.3 is 5.97 Å². The molecule has 0 aliphatic carbocycles. The minimum absolute atomic E-state index is 0.341. The summed E-state index contributed by atoms with van der Waals surface area (Å²) in [5.41, 5.74) is 2.54. The van der Waals surface area contributed by atoms with Gasteiger partial charge in [-0.15, -0.1) is 0 Å². The standard InChI is InChI=1S/C16H25N3O2/c1-3-15-12(9-18(2)17-15)10-19-13-4-5-14(19)7-11(6-13)8-16(20)21/h9,11,13-14H,3-8,10H2,1-2H3,(H,20,21). The van der Waals surface area contributed by atoms with Gasteiger partial charge < -0.3 is 5.11 Å². The van der Waals surface area contributed by atoms with Crippen LogP contribution in [0.4, 0.5) is 0 Å². The van der Waals surface area contributed by atoms with E-state index in [1.54, 1.807) is 0 Å². The first kappa shape index (κ1) is 14.6. The lowest BCUT2D eigenvalue weighted by atomic mass is 9.88. The molecule has 3 rings (SSSR count). The van der Waals surface area contributed by atoms with Crippen LogP contribution in [-0.2, 0) is 24.8 Å². The van der Waals surface area contributed by atoms with Gasteiger partial charge in [-0.25, -0.2) is 0 Å². The van der Waals surface area contributed by atoms with E-state index in [0.717, 1.165) is 25.8 Å². The molecule has 1 aromatic rings. The fraction of sp³-hybridized carbons (Fsp3) is 0.750. The molecule has 2 aliphatic rings. The summed E-state index contributed by atoms with van der Waals surface area (Å²) in [6.45, 7) is 3.13. The number of carboxylic acid groups (broad SMARTS) is 1. The van der Waals surface area contributed by atoms with Gasteiger partial charge in [-0.2, -0.15) is 5.10 Å². The van der Waals surface area contributed by atoms with Crippen LogP contribution in [0.25, 0.3) is 0 Å². The highest BCUT2D eigenvalue weighted by Gasteiger charge is 2.41. The number of aliphatic carboxylic acids is 1. The van der Waals surface area contributed by atoms with Crippen LogP contribution in [0.5, 0.6) is 0 Å². The van der Waals surface area contributed by atoms with Crippen molar-refractivity contribution < 1.29 is 9.90 Å². The molecule has 3 heterocycles. The quantitative estimate of drug-likeness (QED) is 0.903. The number of nitrogens with zero attached hydrogens (tertiary/aromatic N) is 3. The van der Waals surface area contributed by atoms with Crippen LogP contribution in [0.1, 0.15) is 50.3 Å². The predicted molar refractivity (Wildman–Crippen MR) is 79.9 cm³/mol. The maximum atomic E-state index is 10.9. The molecular weight excluding hydrogens is 266 g/mol. The van der Waals surface area contributed by atoms with Gasteiger partial charge in [0.2, 0.25) is 0 Å². The van der Waals surface area contributed by atoms with E-state index in [4.69, 9.17) is 5.11 Å². The largest absolute Gasteiger partial charge is 0.481 e. The monoisotopic (exact) mass is 291 g/mol. The first-order valence-corrected chi connectivity index (χ1v) is 8.05. The topological polar surface area (TPSA) is 58.4 Å². The molecule has 0 spiro atoms. The average Bonchev–Trinajstić information content (AvgIpc) is 2.87. The van der Waals surface area contributed by atoms with E-state index in [0.29, 0.717) is 24.4 Å². The van der Waals surface area contributed by atoms with Crippen molar-refractivity contribution in [3.05, 3.63) is 17.5 Å². The lowest BCUT2D eigenvalue weighted by Crippen LogP contribution is -2.42. The molecule has 2 bridgehead atoms. The predicted octanol–water partition coefficient (Wildman–Crippen LogP) is 2.20. The van der Waals surface area contributed by atoms with Crippen molar-refractivity contribution in [1.82, 2.24) is 14.7 Å². The van der Waals surface area contributed by atoms with Crippen LogP contribution < -0.4 is 0 Å². The minimum Gasteiger partial charge on any atom is -0.481 e. The fourth-order valence-corrected chi connectivity index (χ4v) is 4.27. The number of rotatable bonds is 5. The van der Waals surface area contributed by atoms with E-state index >= 15 is 0 Å². The Balaban J connectivity index is 1.69. The van der Waals surface area contributed by atoms with Crippen LogP contribution in [0, 0.1) is 5.92 Å². The van der Waals surface area contributed by atoms with Crippen molar-refractivity contribution in [1.29, 1.82) is 0 Å². The number of carboxylic acids is 1. The number of hydrogen-bond donors (Lipinski definition) is 1. The Labute approximate surface area is 125 Å².